The molecule has 0 atom stereocenters. The average molecular weight is 331 g/mol. The number of halogens is 1. The summed E-state index contributed by atoms with van der Waals surface area (Å²) in [5, 5.41) is 6.11. The third-order valence-corrected chi connectivity index (χ3v) is 3.48. The smallest absolute Gasteiger partial charge is 0.426 e. The molecular weight excluding hydrogens is 314 g/mol. The zero-order chi connectivity index (χ0) is 16.6. The van der Waals surface area contributed by atoms with Gasteiger partial charge in [0, 0.05) is 22.0 Å². The van der Waals surface area contributed by atoms with Gasteiger partial charge in [-0.1, -0.05) is 17.7 Å². The minimum atomic E-state index is -0.559. The van der Waals surface area contributed by atoms with Gasteiger partial charge in [0.15, 0.2) is 0 Å². The minimum Gasteiger partial charge on any atom is -0.426 e. The standard InChI is InChI=1S/C17H16ClN3O2/c1-17(2,3)23-16(22)21-15-13-9-20-14-8-10(18)4-5-12(14)11(13)6-7-19-15/h4-9H,1-3H3,(H,19,21,22)/p+1. The number of fused-ring (bicyclic) bond motifs is 3. The number of nitrogens with zero attached hydrogens (tertiary/aromatic N) is 1. The van der Waals surface area contributed by atoms with Crippen LogP contribution in [0.1, 0.15) is 20.8 Å². The van der Waals surface area contributed by atoms with Crippen LogP contribution in [-0.4, -0.2) is 16.7 Å². The average Bonchev–Trinajstić information content (AvgIpc) is 2.44. The Balaban J connectivity index is 2.05. The van der Waals surface area contributed by atoms with E-state index >= 15 is 0 Å². The van der Waals surface area contributed by atoms with Crippen LogP contribution in [0.5, 0.6) is 0 Å². The van der Waals surface area contributed by atoms with E-state index in [0.717, 1.165) is 21.7 Å². The lowest BCUT2D eigenvalue weighted by molar-refractivity contribution is -0.358. The Morgan fingerprint density at radius 2 is 2.00 bits per heavy atom. The monoisotopic (exact) mass is 330 g/mol. The van der Waals surface area contributed by atoms with Gasteiger partial charge >= 0.3 is 6.09 Å². The van der Waals surface area contributed by atoms with Crippen LogP contribution in [0.3, 0.4) is 0 Å². The van der Waals surface area contributed by atoms with Crippen molar-refractivity contribution in [3.05, 3.63) is 41.7 Å². The number of aromatic amines is 1. The number of ether oxygens (including phenoxy) is 1. The zero-order valence-corrected chi connectivity index (χ0v) is 13.9. The summed E-state index contributed by atoms with van der Waals surface area (Å²) in [5.41, 5.74) is 0.246. The summed E-state index contributed by atoms with van der Waals surface area (Å²) in [7, 11) is 0. The van der Waals surface area contributed by atoms with Crippen LogP contribution in [0.25, 0.3) is 21.7 Å². The number of H-pyrrole nitrogens is 1. The van der Waals surface area contributed by atoms with Crippen molar-refractivity contribution in [1.82, 2.24) is 4.98 Å². The molecular formula is C17H17ClN3O2+. The highest BCUT2D eigenvalue weighted by atomic mass is 35.5. The van der Waals surface area contributed by atoms with Gasteiger partial charge in [-0.15, -0.1) is 0 Å². The molecule has 0 fully saturated rings. The molecule has 5 nitrogen and oxygen atoms in total. The zero-order valence-electron chi connectivity index (χ0n) is 13.1. The van der Waals surface area contributed by atoms with Crippen molar-refractivity contribution < 1.29 is 14.5 Å². The van der Waals surface area contributed by atoms with Crippen LogP contribution in [-0.2, 0) is 4.74 Å². The normalized spacial score (nSPS) is 11.7. The molecule has 2 heterocycles. The van der Waals surface area contributed by atoms with E-state index in [1.54, 1.807) is 12.4 Å². The summed E-state index contributed by atoms with van der Waals surface area (Å²) in [5.74, 6) is 0.543. The lowest BCUT2D eigenvalue weighted by atomic mass is 10.1. The van der Waals surface area contributed by atoms with Gasteiger partial charge in [0.05, 0.1) is 17.1 Å². The van der Waals surface area contributed by atoms with Crippen molar-refractivity contribution in [2.75, 3.05) is 5.32 Å². The van der Waals surface area contributed by atoms with Gasteiger partial charge in [0.25, 0.3) is 5.82 Å². The number of amides is 1. The van der Waals surface area contributed by atoms with Gasteiger partial charge in [-0.3, -0.25) is 4.98 Å². The lowest BCUT2D eigenvalue weighted by Gasteiger charge is -2.17. The van der Waals surface area contributed by atoms with Crippen molar-refractivity contribution in [1.29, 1.82) is 0 Å². The molecule has 3 rings (SSSR count). The van der Waals surface area contributed by atoms with Crippen LogP contribution in [0.15, 0.2) is 36.7 Å². The quantitative estimate of drug-likeness (QED) is 0.680. The van der Waals surface area contributed by atoms with Gasteiger partial charge in [-0.05, 0) is 39.0 Å². The second-order valence-corrected chi connectivity index (χ2v) is 6.66. The molecule has 118 valence electrons. The molecule has 6 heteroatoms. The van der Waals surface area contributed by atoms with Gasteiger partial charge in [-0.25, -0.2) is 4.98 Å². The summed E-state index contributed by atoms with van der Waals surface area (Å²) >= 11 is 6.01. The maximum absolute atomic E-state index is 12.0. The number of benzene rings is 1. The van der Waals surface area contributed by atoms with E-state index in [2.05, 4.69) is 15.3 Å². The summed E-state index contributed by atoms with van der Waals surface area (Å²) < 4.78 is 5.29. The van der Waals surface area contributed by atoms with Crippen molar-refractivity contribution in [2.45, 2.75) is 26.4 Å². The third kappa shape index (κ3) is 3.35. The molecule has 0 aliphatic rings. The van der Waals surface area contributed by atoms with E-state index < -0.39 is 11.7 Å². The molecule has 0 aliphatic carbocycles. The first-order chi connectivity index (χ1) is 10.8. The highest BCUT2D eigenvalue weighted by Crippen LogP contribution is 2.27. The van der Waals surface area contributed by atoms with E-state index in [9.17, 15) is 4.79 Å². The fraction of sp³-hybridized carbons (Fsp3) is 0.235. The maximum Gasteiger partial charge on any atom is 0.505 e. The molecule has 0 unspecified atom stereocenters. The molecule has 0 saturated heterocycles. The van der Waals surface area contributed by atoms with Crippen molar-refractivity contribution in [2.24, 2.45) is 0 Å². The lowest BCUT2D eigenvalue weighted by Crippen LogP contribution is -2.29. The number of rotatable bonds is 1. The first-order valence-corrected chi connectivity index (χ1v) is 7.60. The fourth-order valence-corrected chi connectivity index (χ4v) is 2.53. The van der Waals surface area contributed by atoms with Crippen LogP contribution >= 0.6 is 11.6 Å². The molecule has 2 N–H and O–H groups in total. The molecule has 0 spiro atoms. The molecule has 0 radical (unpaired) electrons. The Labute approximate surface area is 138 Å². The topological polar surface area (TPSA) is 65.4 Å². The predicted octanol–water partition coefficient (Wildman–Crippen LogP) is 4.20. The number of carbonyl (C=O) groups is 1. The van der Waals surface area contributed by atoms with Crippen LogP contribution in [0.2, 0.25) is 5.02 Å². The summed E-state index contributed by atoms with van der Waals surface area (Å²) in [6.07, 6.45) is 2.96. The number of hydrogen-bond acceptors (Lipinski definition) is 3. The second kappa shape index (κ2) is 5.66. The molecule has 1 aromatic carbocycles. The van der Waals surface area contributed by atoms with E-state index in [4.69, 9.17) is 16.3 Å². The highest BCUT2D eigenvalue weighted by molar-refractivity contribution is 6.31. The van der Waals surface area contributed by atoms with E-state index in [1.165, 1.54) is 0 Å². The number of aromatic nitrogens is 2. The molecule has 23 heavy (non-hydrogen) atoms. The van der Waals surface area contributed by atoms with Crippen molar-refractivity contribution in [3.63, 3.8) is 0 Å². The van der Waals surface area contributed by atoms with Crippen LogP contribution in [0, 0.1) is 0 Å². The molecule has 0 saturated carbocycles. The number of hydrogen-bond donors (Lipinski definition) is 1. The van der Waals surface area contributed by atoms with E-state index in [1.807, 2.05) is 45.0 Å². The van der Waals surface area contributed by atoms with Crippen molar-refractivity contribution in [3.8, 4) is 0 Å². The Morgan fingerprint density at radius 3 is 2.74 bits per heavy atom. The second-order valence-electron chi connectivity index (χ2n) is 6.23. The fourth-order valence-electron chi connectivity index (χ4n) is 2.36. The molecule has 1 amide bonds. The van der Waals surface area contributed by atoms with Gasteiger partial charge in [0.2, 0.25) is 0 Å². The van der Waals surface area contributed by atoms with Gasteiger partial charge < -0.3 is 4.74 Å². The molecule has 3 aromatic rings. The Bertz CT molecular complexity index is 903. The van der Waals surface area contributed by atoms with Crippen molar-refractivity contribution >= 4 is 45.2 Å². The first kappa shape index (κ1) is 15.5. The van der Waals surface area contributed by atoms with Gasteiger partial charge in [-0.2, -0.15) is 10.1 Å². The first-order valence-electron chi connectivity index (χ1n) is 7.22. The predicted molar refractivity (Wildman–Crippen MR) is 90.7 cm³/mol. The number of carbonyl (C=O) groups excluding carboxylic acids is 1. The highest BCUT2D eigenvalue weighted by Gasteiger charge is 2.22. The number of pyridine rings is 2. The minimum absolute atomic E-state index is 0.516. The molecule has 0 bridgehead atoms. The SMILES string of the molecule is CC(C)(C)OC(=O)Nc1[nH+]ccc2c1cnc1cc(Cl)ccc12. The Kier molecular flexibility index (Phi) is 3.82. The number of nitrogens with one attached hydrogen (secondary N) is 2. The number of anilines is 1. The summed E-state index contributed by atoms with van der Waals surface area (Å²) in [4.78, 5) is 19.4. The molecule has 2 aromatic heterocycles. The molecule has 0 aliphatic heterocycles. The maximum atomic E-state index is 12.0. The van der Waals surface area contributed by atoms with E-state index in [0.29, 0.717) is 10.8 Å². The van der Waals surface area contributed by atoms with Crippen LogP contribution in [0.4, 0.5) is 10.6 Å². The third-order valence-electron chi connectivity index (χ3n) is 3.25. The summed E-state index contributed by atoms with van der Waals surface area (Å²) in [6, 6.07) is 7.49. The van der Waals surface area contributed by atoms with Crippen LogP contribution < -0.4 is 10.3 Å². The largest absolute Gasteiger partial charge is 0.505 e. The summed E-state index contributed by atoms with van der Waals surface area (Å²) in [6.45, 7) is 5.45. The Hall–Kier alpha value is -2.40. The van der Waals surface area contributed by atoms with E-state index in [-0.39, 0.29) is 0 Å². The van der Waals surface area contributed by atoms with Gasteiger partial charge in [0.1, 0.15) is 5.60 Å². The Morgan fingerprint density at radius 1 is 1.22 bits per heavy atom.